The fourth-order valence-corrected chi connectivity index (χ4v) is 3.27. The molecule has 132 valence electrons. The van der Waals surface area contributed by atoms with Crippen LogP contribution in [0.2, 0.25) is 0 Å². The summed E-state index contributed by atoms with van der Waals surface area (Å²) in [5.41, 5.74) is 0.994. The van der Waals surface area contributed by atoms with Crippen LogP contribution in [-0.4, -0.2) is 23.2 Å². The predicted molar refractivity (Wildman–Crippen MR) is 97.1 cm³/mol. The summed E-state index contributed by atoms with van der Waals surface area (Å²) in [6, 6.07) is 11.1. The van der Waals surface area contributed by atoms with Gasteiger partial charge >= 0.3 is 5.97 Å². The second-order valence-electron chi connectivity index (χ2n) is 5.27. The van der Waals surface area contributed by atoms with Gasteiger partial charge in [0.25, 0.3) is 0 Å². The maximum absolute atomic E-state index is 13.0. The second kappa shape index (κ2) is 7.53. The van der Waals surface area contributed by atoms with Crippen LogP contribution in [0, 0.1) is 11.6 Å². The first kappa shape index (κ1) is 17.9. The predicted octanol–water partition coefficient (Wildman–Crippen LogP) is 4.77. The number of thioether (sulfide) groups is 1. The summed E-state index contributed by atoms with van der Waals surface area (Å²) in [4.78, 5) is 16.7. The molecule has 1 aliphatic heterocycles. The highest BCUT2D eigenvalue weighted by Crippen LogP contribution is 2.40. The number of benzene rings is 2. The fraction of sp³-hybridized carbons (Fsp3) is 0.0526. The normalized spacial score (nSPS) is 17.2. The fourth-order valence-electron chi connectivity index (χ4n) is 2.23. The first-order valence-corrected chi connectivity index (χ1v) is 8.31. The molecule has 3 rings (SSSR count). The summed E-state index contributed by atoms with van der Waals surface area (Å²) >= 11 is 1.07. The zero-order chi connectivity index (χ0) is 18.7. The summed E-state index contributed by atoms with van der Waals surface area (Å²) in [6.45, 7) is 0. The van der Waals surface area contributed by atoms with Crippen molar-refractivity contribution in [3.05, 3.63) is 82.0 Å². The maximum Gasteiger partial charge on any atom is 0.344 e. The molecule has 26 heavy (non-hydrogen) atoms. The molecular weight excluding hydrogens is 360 g/mol. The molecule has 0 fully saturated rings. The van der Waals surface area contributed by atoms with Gasteiger partial charge in [0.15, 0.2) is 0 Å². The van der Waals surface area contributed by atoms with E-state index in [2.05, 4.69) is 4.99 Å². The van der Waals surface area contributed by atoms with E-state index in [1.54, 1.807) is 18.2 Å². The molecule has 0 unspecified atom stereocenters. The van der Waals surface area contributed by atoms with Crippen LogP contribution < -0.4 is 0 Å². The van der Waals surface area contributed by atoms with Gasteiger partial charge in [0, 0.05) is 0 Å². The molecule has 4 nitrogen and oxygen atoms in total. The van der Waals surface area contributed by atoms with E-state index in [1.165, 1.54) is 43.5 Å². The molecule has 7 heteroatoms. The summed E-state index contributed by atoms with van der Waals surface area (Å²) in [7, 11) is 1.20. The minimum Gasteiger partial charge on any atom is -0.506 e. The third-order valence-electron chi connectivity index (χ3n) is 3.51. The van der Waals surface area contributed by atoms with Crippen molar-refractivity contribution in [1.29, 1.82) is 0 Å². The number of carbonyl (C=O) groups excluding carboxylic acids is 1. The highest BCUT2D eigenvalue weighted by atomic mass is 32.2. The van der Waals surface area contributed by atoms with Gasteiger partial charge in [-0.05, 0) is 48.0 Å². The van der Waals surface area contributed by atoms with Crippen LogP contribution in [-0.2, 0) is 9.53 Å². The summed E-state index contributed by atoms with van der Waals surface area (Å²) in [6.07, 6.45) is 1.61. The average molecular weight is 373 g/mol. The molecule has 1 N–H and O–H groups in total. The minimum atomic E-state index is -0.738. The van der Waals surface area contributed by atoms with Crippen molar-refractivity contribution in [1.82, 2.24) is 0 Å². The molecule has 0 aliphatic carbocycles. The van der Waals surface area contributed by atoms with E-state index in [0.29, 0.717) is 16.2 Å². The Bertz CT molecular complexity index is 932. The Morgan fingerprint density at radius 1 is 1.08 bits per heavy atom. The third kappa shape index (κ3) is 3.83. The molecule has 1 aliphatic rings. The van der Waals surface area contributed by atoms with Crippen molar-refractivity contribution < 1.29 is 23.4 Å². The molecule has 0 saturated heterocycles. The van der Waals surface area contributed by atoms with Gasteiger partial charge in [0.2, 0.25) is 0 Å². The molecule has 0 spiro atoms. The van der Waals surface area contributed by atoms with E-state index >= 15 is 0 Å². The van der Waals surface area contributed by atoms with E-state index < -0.39 is 11.8 Å². The molecule has 0 bridgehead atoms. The maximum atomic E-state index is 13.0. The summed E-state index contributed by atoms with van der Waals surface area (Å²) in [5.74, 6) is -1.79. The number of carbonyl (C=O) groups is 1. The Morgan fingerprint density at radius 3 is 2.23 bits per heavy atom. The number of aliphatic hydroxyl groups is 1. The van der Waals surface area contributed by atoms with Crippen LogP contribution in [0.3, 0.4) is 0 Å². The number of nitrogens with zero attached hydrogens (tertiary/aromatic N) is 1. The molecular formula is C19H13F2NO3S. The Labute approximate surface area is 152 Å². The number of hydrogen-bond donors (Lipinski definition) is 1. The zero-order valence-corrected chi connectivity index (χ0v) is 14.4. The lowest BCUT2D eigenvalue weighted by molar-refractivity contribution is -0.135. The van der Waals surface area contributed by atoms with Gasteiger partial charge in [0.05, 0.1) is 17.7 Å². The number of rotatable bonds is 3. The van der Waals surface area contributed by atoms with Gasteiger partial charge in [-0.2, -0.15) is 0 Å². The van der Waals surface area contributed by atoms with Crippen LogP contribution in [0.1, 0.15) is 5.56 Å². The van der Waals surface area contributed by atoms with Gasteiger partial charge in [-0.15, -0.1) is 0 Å². The molecule has 0 saturated carbocycles. The minimum absolute atomic E-state index is 0.0739. The van der Waals surface area contributed by atoms with Crippen molar-refractivity contribution in [2.24, 2.45) is 4.99 Å². The van der Waals surface area contributed by atoms with Crippen LogP contribution in [0.15, 0.2) is 69.8 Å². The molecule has 2 aromatic rings. The van der Waals surface area contributed by atoms with E-state index in [9.17, 15) is 18.7 Å². The van der Waals surface area contributed by atoms with E-state index in [0.717, 1.165) is 11.8 Å². The summed E-state index contributed by atoms with van der Waals surface area (Å²) < 4.78 is 30.8. The second-order valence-corrected chi connectivity index (χ2v) is 6.30. The third-order valence-corrected chi connectivity index (χ3v) is 4.53. The van der Waals surface area contributed by atoms with Crippen molar-refractivity contribution >= 4 is 34.5 Å². The lowest BCUT2D eigenvalue weighted by Crippen LogP contribution is -2.10. The number of halogens is 2. The zero-order valence-electron chi connectivity index (χ0n) is 13.6. The number of ether oxygens (including phenoxy) is 1. The Hall–Kier alpha value is -2.93. The Balaban J connectivity index is 2.02. The van der Waals surface area contributed by atoms with E-state index in [-0.39, 0.29) is 22.2 Å². The Morgan fingerprint density at radius 2 is 1.65 bits per heavy atom. The topological polar surface area (TPSA) is 58.9 Å². The van der Waals surface area contributed by atoms with Crippen LogP contribution in [0.4, 0.5) is 14.5 Å². The largest absolute Gasteiger partial charge is 0.506 e. The van der Waals surface area contributed by atoms with E-state index in [4.69, 9.17) is 4.74 Å². The molecule has 0 atom stereocenters. The van der Waals surface area contributed by atoms with Gasteiger partial charge in [-0.3, -0.25) is 0 Å². The van der Waals surface area contributed by atoms with Crippen molar-refractivity contribution in [3.8, 4) is 0 Å². The molecule has 2 aromatic carbocycles. The van der Waals surface area contributed by atoms with Crippen molar-refractivity contribution in [2.75, 3.05) is 7.11 Å². The standard InChI is InChI=1S/C19H13F2NO3S/c1-25-19(24)16-17(23)15(10-11-2-4-12(20)5-3-11)26-18(16)22-14-8-6-13(21)7-9-14/h2-10,23H,1H3. The first-order valence-electron chi connectivity index (χ1n) is 7.49. The molecule has 0 radical (unpaired) electrons. The van der Waals surface area contributed by atoms with Crippen LogP contribution in [0.25, 0.3) is 6.08 Å². The highest BCUT2D eigenvalue weighted by molar-refractivity contribution is 8.18. The average Bonchev–Trinajstić information content (AvgIpc) is 2.93. The number of hydrogen-bond acceptors (Lipinski definition) is 5. The molecule has 1 heterocycles. The Kier molecular flexibility index (Phi) is 5.18. The smallest absolute Gasteiger partial charge is 0.344 e. The van der Waals surface area contributed by atoms with Gasteiger partial charge < -0.3 is 9.84 Å². The number of aliphatic hydroxyl groups excluding tert-OH is 1. The number of methoxy groups -OCH3 is 1. The van der Waals surface area contributed by atoms with Crippen molar-refractivity contribution in [3.63, 3.8) is 0 Å². The van der Waals surface area contributed by atoms with Gasteiger partial charge in [0.1, 0.15) is 28.0 Å². The lowest BCUT2D eigenvalue weighted by atomic mass is 10.1. The lowest BCUT2D eigenvalue weighted by Gasteiger charge is -2.01. The quantitative estimate of drug-likeness (QED) is 0.788. The van der Waals surface area contributed by atoms with E-state index in [1.807, 2.05) is 0 Å². The SMILES string of the molecule is COC(=O)C1=C(O)C(=Cc2ccc(F)cc2)SC1=Nc1ccc(F)cc1. The molecule has 0 amide bonds. The van der Waals surface area contributed by atoms with Crippen LogP contribution >= 0.6 is 11.8 Å². The molecule has 0 aromatic heterocycles. The van der Waals surface area contributed by atoms with Crippen molar-refractivity contribution in [2.45, 2.75) is 0 Å². The number of aliphatic imine (C=N–C) groups is 1. The van der Waals surface area contributed by atoms with Gasteiger partial charge in [-0.25, -0.2) is 18.6 Å². The summed E-state index contributed by atoms with van der Waals surface area (Å²) in [5, 5.41) is 10.7. The van der Waals surface area contributed by atoms with Crippen LogP contribution in [0.5, 0.6) is 0 Å². The monoisotopic (exact) mass is 373 g/mol. The highest BCUT2D eigenvalue weighted by Gasteiger charge is 2.32. The van der Waals surface area contributed by atoms with Gasteiger partial charge in [-0.1, -0.05) is 23.9 Å². The number of esters is 1. The first-order chi connectivity index (χ1) is 12.5.